The predicted molar refractivity (Wildman–Crippen MR) is 114 cm³/mol. The summed E-state index contributed by atoms with van der Waals surface area (Å²) >= 11 is 5.84. The van der Waals surface area contributed by atoms with E-state index in [9.17, 15) is 4.39 Å². The van der Waals surface area contributed by atoms with Crippen LogP contribution >= 0.6 is 11.6 Å². The Labute approximate surface area is 174 Å². The van der Waals surface area contributed by atoms with E-state index in [2.05, 4.69) is 20.9 Å². The molecule has 0 amide bonds. The Morgan fingerprint density at radius 1 is 1.28 bits per heavy atom. The van der Waals surface area contributed by atoms with Gasteiger partial charge in [0.25, 0.3) is 0 Å². The van der Waals surface area contributed by atoms with Gasteiger partial charge in [-0.15, -0.1) is 0 Å². The fraction of sp³-hybridized carbons (Fsp3) is 0.381. The van der Waals surface area contributed by atoms with E-state index in [1.807, 2.05) is 12.1 Å². The number of anilines is 2. The summed E-state index contributed by atoms with van der Waals surface area (Å²) in [7, 11) is 1.61. The predicted octanol–water partition coefficient (Wildman–Crippen LogP) is 4.43. The first-order valence-electron chi connectivity index (χ1n) is 9.69. The van der Waals surface area contributed by atoms with Crippen molar-refractivity contribution >= 4 is 29.3 Å². The van der Waals surface area contributed by atoms with Gasteiger partial charge < -0.3 is 25.4 Å². The van der Waals surface area contributed by atoms with Crippen LogP contribution in [0, 0.1) is 11.7 Å². The molecule has 154 valence electrons. The zero-order valence-electron chi connectivity index (χ0n) is 16.2. The molecule has 2 aromatic rings. The van der Waals surface area contributed by atoms with E-state index < -0.39 is 12.0 Å². The smallest absolute Gasteiger partial charge is 0.163 e. The third-order valence-electron chi connectivity index (χ3n) is 5.17. The summed E-state index contributed by atoms with van der Waals surface area (Å²) in [6.45, 7) is 2.68. The summed E-state index contributed by atoms with van der Waals surface area (Å²) in [5.41, 5.74) is 2.00. The molecule has 1 fully saturated rings. The van der Waals surface area contributed by atoms with E-state index in [1.54, 1.807) is 25.6 Å². The molecule has 0 aliphatic carbocycles. The second-order valence-corrected chi connectivity index (χ2v) is 7.64. The molecule has 0 spiro atoms. The van der Waals surface area contributed by atoms with Gasteiger partial charge in [0.2, 0.25) is 0 Å². The fourth-order valence-electron chi connectivity index (χ4n) is 3.60. The largest absolute Gasteiger partial charge is 0.493 e. The summed E-state index contributed by atoms with van der Waals surface area (Å²) in [5.74, 6) is 1.35. The van der Waals surface area contributed by atoms with E-state index in [1.165, 1.54) is 12.5 Å². The quantitative estimate of drug-likeness (QED) is 0.647. The van der Waals surface area contributed by atoms with Gasteiger partial charge in [-0.2, -0.15) is 0 Å². The number of hydrogen-bond donors (Lipinski definition) is 3. The van der Waals surface area contributed by atoms with Crippen molar-refractivity contribution < 1.29 is 13.9 Å². The normalized spacial score (nSPS) is 20.5. The van der Waals surface area contributed by atoms with Gasteiger partial charge in [0.05, 0.1) is 31.4 Å². The lowest BCUT2D eigenvalue weighted by Crippen LogP contribution is -2.33. The van der Waals surface area contributed by atoms with E-state index in [0.717, 1.165) is 30.8 Å². The zero-order valence-corrected chi connectivity index (χ0v) is 16.9. The number of aliphatic imine (C=N–C) groups is 1. The molecule has 2 aromatic carbocycles. The minimum absolute atomic E-state index is 0.327. The maximum absolute atomic E-state index is 14.2. The van der Waals surface area contributed by atoms with Crippen molar-refractivity contribution in [1.82, 2.24) is 5.32 Å². The number of piperidine rings is 1. The Morgan fingerprint density at radius 3 is 2.93 bits per heavy atom. The molecular weight excluding hydrogens is 395 g/mol. The van der Waals surface area contributed by atoms with Gasteiger partial charge in [-0.05, 0) is 43.7 Å². The standard InChI is InChI=1S/C21H24ClFN4O2/c1-28-19-8-15-18(9-20(19)29-11-13-3-2-6-24-10-13)25-12-26-21(15)27-17-5-4-14(22)7-16(17)23/h4-5,7-9,12-13,21,24,27H,2-3,6,10-11H2,1H3,(H,25,26)/t13-,21+/m0/s1. The Hall–Kier alpha value is -2.51. The van der Waals surface area contributed by atoms with Crippen LogP contribution < -0.4 is 25.4 Å². The maximum Gasteiger partial charge on any atom is 0.163 e. The van der Waals surface area contributed by atoms with Gasteiger partial charge in [0, 0.05) is 29.1 Å². The first kappa shape index (κ1) is 19.8. The molecule has 6 nitrogen and oxygen atoms in total. The van der Waals surface area contributed by atoms with Gasteiger partial charge in [-0.3, -0.25) is 0 Å². The minimum atomic E-state index is -0.465. The monoisotopic (exact) mass is 418 g/mol. The molecule has 4 rings (SSSR count). The molecule has 0 aromatic heterocycles. The number of methoxy groups -OCH3 is 1. The van der Waals surface area contributed by atoms with Gasteiger partial charge in [0.1, 0.15) is 12.0 Å². The van der Waals surface area contributed by atoms with Crippen molar-refractivity contribution in [2.24, 2.45) is 10.9 Å². The molecule has 0 radical (unpaired) electrons. The molecule has 2 aliphatic heterocycles. The fourth-order valence-corrected chi connectivity index (χ4v) is 3.76. The first-order valence-corrected chi connectivity index (χ1v) is 10.1. The van der Waals surface area contributed by atoms with Gasteiger partial charge in [-0.1, -0.05) is 11.6 Å². The number of hydrogen-bond acceptors (Lipinski definition) is 6. The molecular formula is C21H24ClFN4O2. The van der Waals surface area contributed by atoms with E-state index in [0.29, 0.717) is 34.7 Å². The average molecular weight is 419 g/mol. The molecule has 2 atom stereocenters. The van der Waals surface area contributed by atoms with Crippen molar-refractivity contribution in [2.45, 2.75) is 19.0 Å². The molecule has 0 saturated carbocycles. The van der Waals surface area contributed by atoms with Crippen molar-refractivity contribution in [3.8, 4) is 11.5 Å². The lowest BCUT2D eigenvalue weighted by atomic mass is 10.0. The minimum Gasteiger partial charge on any atom is -0.493 e. The number of fused-ring (bicyclic) bond motifs is 1. The lowest BCUT2D eigenvalue weighted by molar-refractivity contribution is 0.211. The summed E-state index contributed by atoms with van der Waals surface area (Å²) in [6, 6.07) is 8.28. The number of benzene rings is 2. The summed E-state index contributed by atoms with van der Waals surface area (Å²) in [5, 5.41) is 9.99. The number of ether oxygens (including phenoxy) is 2. The molecule has 2 heterocycles. The zero-order chi connectivity index (χ0) is 20.2. The van der Waals surface area contributed by atoms with Gasteiger partial charge >= 0.3 is 0 Å². The van der Waals surface area contributed by atoms with Crippen LogP contribution in [0.3, 0.4) is 0 Å². The van der Waals surface area contributed by atoms with Crippen LogP contribution in [0.4, 0.5) is 15.8 Å². The van der Waals surface area contributed by atoms with Crippen LogP contribution in [-0.4, -0.2) is 33.1 Å². The van der Waals surface area contributed by atoms with Crippen molar-refractivity contribution in [1.29, 1.82) is 0 Å². The molecule has 0 bridgehead atoms. The Morgan fingerprint density at radius 2 is 2.17 bits per heavy atom. The highest BCUT2D eigenvalue weighted by Gasteiger charge is 2.23. The SMILES string of the molecule is COc1cc2c(cc1OC[C@H]1CCCNC1)NC=N[C@@H]2Nc1ccc(Cl)cc1F. The van der Waals surface area contributed by atoms with E-state index >= 15 is 0 Å². The topological polar surface area (TPSA) is 66.9 Å². The van der Waals surface area contributed by atoms with Crippen LogP contribution in [0.1, 0.15) is 24.6 Å². The van der Waals surface area contributed by atoms with Crippen molar-refractivity contribution in [3.63, 3.8) is 0 Å². The highest BCUT2D eigenvalue weighted by atomic mass is 35.5. The van der Waals surface area contributed by atoms with Crippen LogP contribution in [-0.2, 0) is 0 Å². The molecule has 2 aliphatic rings. The second-order valence-electron chi connectivity index (χ2n) is 7.21. The van der Waals surface area contributed by atoms with Crippen LogP contribution in [0.15, 0.2) is 35.3 Å². The Balaban J connectivity index is 1.54. The van der Waals surface area contributed by atoms with Crippen molar-refractivity contribution in [2.75, 3.05) is 37.4 Å². The molecule has 0 unspecified atom stereocenters. The van der Waals surface area contributed by atoms with Gasteiger partial charge in [-0.25, -0.2) is 9.38 Å². The maximum atomic E-state index is 14.2. The molecule has 29 heavy (non-hydrogen) atoms. The molecule has 3 N–H and O–H groups in total. The first-order chi connectivity index (χ1) is 14.1. The van der Waals surface area contributed by atoms with Crippen LogP contribution in [0.25, 0.3) is 0 Å². The van der Waals surface area contributed by atoms with Gasteiger partial charge in [0.15, 0.2) is 11.5 Å². The molecule has 8 heteroatoms. The molecule has 1 saturated heterocycles. The van der Waals surface area contributed by atoms with Crippen LogP contribution in [0.2, 0.25) is 5.02 Å². The Kier molecular flexibility index (Phi) is 6.06. The third-order valence-corrected chi connectivity index (χ3v) is 5.41. The third kappa shape index (κ3) is 4.57. The number of halogens is 2. The summed E-state index contributed by atoms with van der Waals surface area (Å²) in [6.07, 6.45) is 3.45. The van der Waals surface area contributed by atoms with E-state index in [4.69, 9.17) is 21.1 Å². The van der Waals surface area contributed by atoms with E-state index in [-0.39, 0.29) is 0 Å². The highest BCUT2D eigenvalue weighted by molar-refractivity contribution is 6.30. The number of rotatable bonds is 6. The average Bonchev–Trinajstić information content (AvgIpc) is 2.74. The second kappa shape index (κ2) is 8.88. The summed E-state index contributed by atoms with van der Waals surface area (Å²) in [4.78, 5) is 4.40. The number of nitrogens with one attached hydrogen (secondary N) is 3. The Bertz CT molecular complexity index is 902. The highest BCUT2D eigenvalue weighted by Crippen LogP contribution is 2.39. The lowest BCUT2D eigenvalue weighted by Gasteiger charge is -2.26. The van der Waals surface area contributed by atoms with Crippen LogP contribution in [0.5, 0.6) is 11.5 Å². The van der Waals surface area contributed by atoms with Crippen molar-refractivity contribution in [3.05, 3.63) is 46.7 Å². The number of nitrogens with zero attached hydrogens (tertiary/aromatic N) is 1. The summed E-state index contributed by atoms with van der Waals surface area (Å²) < 4.78 is 25.8.